The Bertz CT molecular complexity index is 564. The van der Waals surface area contributed by atoms with Crippen LogP contribution in [-0.2, 0) is 33.9 Å². The normalized spacial score (nSPS) is 10.2. The van der Waals surface area contributed by atoms with Crippen molar-refractivity contribution in [3.05, 3.63) is 47.5 Å². The average molecular weight is 363 g/mol. The Kier molecular flexibility index (Phi) is 10.8. The van der Waals surface area contributed by atoms with Crippen LogP contribution < -0.4 is 16.0 Å². The Hall–Kier alpha value is -2.38. The molecular weight excluding hydrogens is 334 g/mol. The predicted molar refractivity (Wildman–Crippen MR) is 101 cm³/mol. The number of rotatable bonds is 12. The van der Waals surface area contributed by atoms with Gasteiger partial charge in [-0.3, -0.25) is 0 Å². The van der Waals surface area contributed by atoms with Crippen molar-refractivity contribution in [2.45, 2.75) is 33.5 Å². The first kappa shape index (κ1) is 21.7. The monoisotopic (exact) mass is 363 g/mol. The van der Waals surface area contributed by atoms with E-state index in [9.17, 15) is 9.59 Å². The number of amides is 1. The van der Waals surface area contributed by atoms with Crippen molar-refractivity contribution < 1.29 is 19.1 Å². The number of hydrogen-bond acceptors (Lipinski definition) is 6. The second-order valence-corrected chi connectivity index (χ2v) is 5.58. The summed E-state index contributed by atoms with van der Waals surface area (Å²) in [6.45, 7) is 11.1. The molecule has 1 rings (SSSR count). The average Bonchev–Trinajstić information content (AvgIpc) is 2.66. The molecule has 144 valence electrons. The fourth-order valence-electron chi connectivity index (χ4n) is 2.25. The number of carbonyl (C=O) groups is 2. The van der Waals surface area contributed by atoms with Crippen LogP contribution in [0.25, 0.3) is 0 Å². The Labute approximate surface area is 155 Å². The summed E-state index contributed by atoms with van der Waals surface area (Å²) >= 11 is 0. The topological polar surface area (TPSA) is 88.7 Å². The quantitative estimate of drug-likeness (QED) is 0.298. The molecule has 0 fully saturated rings. The molecule has 0 saturated carbocycles. The Morgan fingerprint density at radius 1 is 0.923 bits per heavy atom. The summed E-state index contributed by atoms with van der Waals surface area (Å²) in [6.07, 6.45) is 0.510. The van der Waals surface area contributed by atoms with Crippen molar-refractivity contribution in [2.75, 3.05) is 26.3 Å². The van der Waals surface area contributed by atoms with Crippen LogP contribution in [-0.4, -0.2) is 38.4 Å². The fourth-order valence-corrected chi connectivity index (χ4v) is 2.25. The van der Waals surface area contributed by atoms with E-state index in [1.165, 1.54) is 11.1 Å². The molecule has 0 saturated heterocycles. The third-order valence-electron chi connectivity index (χ3n) is 3.43. The largest absolute Gasteiger partial charge is 0.459 e. The second-order valence-electron chi connectivity index (χ2n) is 5.58. The smallest absolute Gasteiger partial charge is 0.407 e. The van der Waals surface area contributed by atoms with E-state index in [4.69, 9.17) is 9.47 Å². The van der Waals surface area contributed by atoms with Gasteiger partial charge in [0.25, 0.3) is 0 Å². The Morgan fingerprint density at radius 3 is 1.92 bits per heavy atom. The summed E-state index contributed by atoms with van der Waals surface area (Å²) in [7, 11) is 0. The van der Waals surface area contributed by atoms with E-state index >= 15 is 0 Å². The van der Waals surface area contributed by atoms with E-state index in [1.807, 2.05) is 0 Å². The SMILES string of the molecule is C=CC(=O)OCCOC(=O)NCc1cc(CNCC)cc(CNCC)c1. The van der Waals surface area contributed by atoms with Gasteiger partial charge in [0.2, 0.25) is 0 Å². The number of ether oxygens (including phenoxy) is 2. The van der Waals surface area contributed by atoms with Gasteiger partial charge in [-0.25, -0.2) is 9.59 Å². The van der Waals surface area contributed by atoms with Crippen molar-refractivity contribution in [1.82, 2.24) is 16.0 Å². The second kappa shape index (κ2) is 12.9. The van der Waals surface area contributed by atoms with E-state index < -0.39 is 12.1 Å². The lowest BCUT2D eigenvalue weighted by molar-refractivity contribution is -0.138. The third-order valence-corrected chi connectivity index (χ3v) is 3.43. The number of benzene rings is 1. The van der Waals surface area contributed by atoms with Gasteiger partial charge in [0.05, 0.1) is 0 Å². The molecule has 7 heteroatoms. The van der Waals surface area contributed by atoms with Crippen molar-refractivity contribution in [3.8, 4) is 0 Å². The summed E-state index contributed by atoms with van der Waals surface area (Å²) < 4.78 is 9.70. The molecule has 0 radical (unpaired) electrons. The molecular formula is C19H29N3O4. The van der Waals surface area contributed by atoms with Crippen LogP contribution in [0.4, 0.5) is 4.79 Å². The third kappa shape index (κ3) is 9.19. The molecule has 0 aliphatic carbocycles. The van der Waals surface area contributed by atoms with Gasteiger partial charge in [-0.2, -0.15) is 0 Å². The summed E-state index contributed by atoms with van der Waals surface area (Å²) in [5.74, 6) is -0.542. The van der Waals surface area contributed by atoms with Crippen molar-refractivity contribution in [2.24, 2.45) is 0 Å². The molecule has 26 heavy (non-hydrogen) atoms. The molecule has 1 aromatic carbocycles. The standard InChI is InChI=1S/C19H29N3O4/c1-4-18(23)25-7-8-26-19(24)22-14-17-10-15(12-20-5-2)9-16(11-17)13-21-6-3/h4,9-11,20-21H,1,5-8,12-14H2,2-3H3,(H,22,24). The number of esters is 1. The first-order valence-electron chi connectivity index (χ1n) is 8.82. The van der Waals surface area contributed by atoms with Crippen LogP contribution in [0.15, 0.2) is 30.9 Å². The highest BCUT2D eigenvalue weighted by Crippen LogP contribution is 2.11. The van der Waals surface area contributed by atoms with Crippen molar-refractivity contribution in [3.63, 3.8) is 0 Å². The molecule has 0 aliphatic heterocycles. The summed E-state index contributed by atoms with van der Waals surface area (Å²) in [6, 6.07) is 6.27. The van der Waals surface area contributed by atoms with E-state index in [2.05, 4.69) is 54.6 Å². The van der Waals surface area contributed by atoms with Crippen LogP contribution in [0.1, 0.15) is 30.5 Å². The maximum Gasteiger partial charge on any atom is 0.407 e. The first-order valence-corrected chi connectivity index (χ1v) is 8.82. The Balaban J connectivity index is 2.51. The van der Waals surface area contributed by atoms with Gasteiger partial charge in [0.15, 0.2) is 0 Å². The number of nitrogens with one attached hydrogen (secondary N) is 3. The minimum atomic E-state index is -0.551. The predicted octanol–water partition coefficient (Wildman–Crippen LogP) is 1.86. The zero-order chi connectivity index (χ0) is 19.2. The molecule has 0 unspecified atom stereocenters. The molecule has 0 aliphatic rings. The molecule has 3 N–H and O–H groups in total. The highest BCUT2D eigenvalue weighted by molar-refractivity contribution is 5.81. The lowest BCUT2D eigenvalue weighted by atomic mass is 10.1. The highest BCUT2D eigenvalue weighted by Gasteiger charge is 2.06. The van der Waals surface area contributed by atoms with Crippen LogP contribution in [0, 0.1) is 0 Å². The summed E-state index contributed by atoms with van der Waals surface area (Å²) in [5, 5.41) is 9.32. The van der Waals surface area contributed by atoms with Gasteiger partial charge in [0.1, 0.15) is 13.2 Å². The molecule has 0 bridgehead atoms. The molecule has 7 nitrogen and oxygen atoms in total. The van der Waals surface area contributed by atoms with Gasteiger partial charge in [0, 0.05) is 25.7 Å². The summed E-state index contributed by atoms with van der Waals surface area (Å²) in [5.41, 5.74) is 3.34. The lowest BCUT2D eigenvalue weighted by Crippen LogP contribution is -2.25. The molecule has 1 aromatic rings. The maximum absolute atomic E-state index is 11.7. The van der Waals surface area contributed by atoms with Crippen molar-refractivity contribution >= 4 is 12.1 Å². The highest BCUT2D eigenvalue weighted by atomic mass is 16.6. The first-order chi connectivity index (χ1) is 12.6. The van der Waals surface area contributed by atoms with Crippen LogP contribution in [0.3, 0.4) is 0 Å². The van der Waals surface area contributed by atoms with Gasteiger partial charge in [-0.15, -0.1) is 0 Å². The Morgan fingerprint density at radius 2 is 1.42 bits per heavy atom. The zero-order valence-corrected chi connectivity index (χ0v) is 15.6. The van der Waals surface area contributed by atoms with Gasteiger partial charge in [-0.05, 0) is 29.8 Å². The van der Waals surface area contributed by atoms with E-state index in [-0.39, 0.29) is 13.2 Å². The maximum atomic E-state index is 11.7. The number of carbonyl (C=O) groups excluding carboxylic acids is 2. The van der Waals surface area contributed by atoms with Crippen LogP contribution >= 0.6 is 0 Å². The van der Waals surface area contributed by atoms with Gasteiger partial charge < -0.3 is 25.4 Å². The minimum absolute atomic E-state index is 0.00244. The number of hydrogen-bond donors (Lipinski definition) is 3. The molecule has 0 heterocycles. The van der Waals surface area contributed by atoms with Crippen molar-refractivity contribution in [1.29, 1.82) is 0 Å². The van der Waals surface area contributed by atoms with Crippen LogP contribution in [0.2, 0.25) is 0 Å². The molecule has 1 amide bonds. The van der Waals surface area contributed by atoms with E-state index in [1.54, 1.807) is 0 Å². The number of alkyl carbamates (subject to hydrolysis) is 1. The van der Waals surface area contributed by atoms with E-state index in [0.29, 0.717) is 6.54 Å². The van der Waals surface area contributed by atoms with E-state index in [0.717, 1.165) is 37.8 Å². The molecule has 0 aromatic heterocycles. The van der Waals surface area contributed by atoms with Gasteiger partial charge >= 0.3 is 12.1 Å². The van der Waals surface area contributed by atoms with Gasteiger partial charge in [-0.1, -0.05) is 38.6 Å². The lowest BCUT2D eigenvalue weighted by Gasteiger charge is -2.12. The zero-order valence-electron chi connectivity index (χ0n) is 15.6. The van der Waals surface area contributed by atoms with Crippen LogP contribution in [0.5, 0.6) is 0 Å². The minimum Gasteiger partial charge on any atom is -0.459 e. The fraction of sp³-hybridized carbons (Fsp3) is 0.474. The molecule has 0 spiro atoms. The summed E-state index contributed by atoms with van der Waals surface area (Å²) in [4.78, 5) is 22.6. The molecule has 0 atom stereocenters.